The van der Waals surface area contributed by atoms with Crippen LogP contribution in [-0.2, 0) is 46.4 Å². The third-order valence-electron chi connectivity index (χ3n) is 4.87. The van der Waals surface area contributed by atoms with E-state index in [2.05, 4.69) is 52.0 Å². The Labute approximate surface area is 241 Å². The van der Waals surface area contributed by atoms with Crippen LogP contribution in [0.3, 0.4) is 0 Å². The van der Waals surface area contributed by atoms with Crippen molar-refractivity contribution in [1.29, 1.82) is 0 Å². The molecule has 9 heteroatoms. The van der Waals surface area contributed by atoms with Crippen molar-refractivity contribution in [1.82, 2.24) is 0 Å². The molecule has 0 bridgehead atoms. The van der Waals surface area contributed by atoms with E-state index < -0.39 is 20.2 Å². The van der Waals surface area contributed by atoms with Crippen LogP contribution in [0, 0.1) is 26.0 Å². The van der Waals surface area contributed by atoms with Crippen LogP contribution in [0.2, 0.25) is 0 Å². The molecule has 4 rings (SSSR count). The minimum Gasteiger partial charge on any atom is -0.744 e. The summed E-state index contributed by atoms with van der Waals surface area (Å²) in [5.41, 5.74) is 7.15. The Kier molecular flexibility index (Phi) is 15.3. The van der Waals surface area contributed by atoms with Gasteiger partial charge >= 0.3 is 26.2 Å². The minimum absolute atomic E-state index is 0. The third kappa shape index (κ3) is 15.2. The first-order chi connectivity index (χ1) is 16.6. The van der Waals surface area contributed by atoms with Gasteiger partial charge in [-0.15, -0.1) is 0 Å². The maximum atomic E-state index is 10.4. The molecule has 0 atom stereocenters. The zero-order chi connectivity index (χ0) is 27.5. The van der Waals surface area contributed by atoms with Gasteiger partial charge in [0.1, 0.15) is 20.2 Å². The molecule has 6 nitrogen and oxygen atoms in total. The van der Waals surface area contributed by atoms with E-state index >= 15 is 0 Å². The molecule has 0 aromatic heterocycles. The van der Waals surface area contributed by atoms with Crippen LogP contribution in [-0.4, -0.2) is 25.9 Å². The topological polar surface area (TPSA) is 114 Å². The van der Waals surface area contributed by atoms with Crippen molar-refractivity contribution in [3.8, 4) is 0 Å². The monoisotopic (exact) mass is 618 g/mol. The molecular formula is C28H32O6S2Zr. The fourth-order valence-corrected chi connectivity index (χ4v) is 3.84. The molecule has 0 spiro atoms. The van der Waals surface area contributed by atoms with Gasteiger partial charge in [0.2, 0.25) is 0 Å². The van der Waals surface area contributed by atoms with Crippen molar-refractivity contribution >= 4 is 20.2 Å². The van der Waals surface area contributed by atoms with Crippen molar-refractivity contribution in [2.24, 2.45) is 0 Å². The Hall–Kier alpha value is -1.90. The summed E-state index contributed by atoms with van der Waals surface area (Å²) in [6, 6.07) is 11.6. The number of allylic oxidation sites excluding steroid dienone is 8. The molecule has 2 aromatic carbocycles. The van der Waals surface area contributed by atoms with Crippen LogP contribution in [0.1, 0.15) is 51.7 Å². The Morgan fingerprint density at radius 1 is 0.568 bits per heavy atom. The van der Waals surface area contributed by atoms with Gasteiger partial charge in [-0.3, -0.25) is 12.2 Å². The van der Waals surface area contributed by atoms with Crippen molar-refractivity contribution in [2.75, 3.05) is 0 Å². The molecular weight excluding hydrogens is 588 g/mol. The molecule has 0 saturated heterocycles. The second-order valence-electron chi connectivity index (χ2n) is 8.53. The van der Waals surface area contributed by atoms with Gasteiger partial charge in [-0.05, 0) is 38.1 Å². The molecule has 0 saturated carbocycles. The van der Waals surface area contributed by atoms with Gasteiger partial charge in [-0.2, -0.15) is 11.1 Å². The zero-order valence-electron chi connectivity index (χ0n) is 22.0. The molecule has 37 heavy (non-hydrogen) atoms. The number of aryl methyl sites for hydroxylation is 2. The molecule has 0 fully saturated rings. The van der Waals surface area contributed by atoms with Crippen molar-refractivity contribution in [3.63, 3.8) is 0 Å². The zero-order valence-corrected chi connectivity index (χ0v) is 26.0. The number of hydrogen-bond acceptors (Lipinski definition) is 6. The molecule has 0 amide bonds. The number of benzene rings is 2. The summed E-state index contributed by atoms with van der Waals surface area (Å²) in [4.78, 5) is -0.355. The second kappa shape index (κ2) is 16.2. The van der Waals surface area contributed by atoms with E-state index in [0.29, 0.717) is 0 Å². The fraction of sp³-hybridized carbons (Fsp3) is 0.286. The summed E-state index contributed by atoms with van der Waals surface area (Å²) in [7, 11) is -8.54. The second-order valence-corrected chi connectivity index (χ2v) is 11.3. The fourth-order valence-electron chi connectivity index (χ4n) is 2.90. The van der Waals surface area contributed by atoms with Crippen molar-refractivity contribution in [2.45, 2.75) is 64.2 Å². The molecule has 2 aromatic rings. The van der Waals surface area contributed by atoms with E-state index in [1.807, 2.05) is 13.8 Å². The Bertz CT molecular complexity index is 1240. The Morgan fingerprint density at radius 2 is 0.838 bits per heavy atom. The van der Waals surface area contributed by atoms with E-state index in [1.165, 1.54) is 46.6 Å². The molecule has 0 radical (unpaired) electrons. The van der Waals surface area contributed by atoms with Gasteiger partial charge in [0, 0.05) is 0 Å². The van der Waals surface area contributed by atoms with Gasteiger partial charge in [0.25, 0.3) is 0 Å². The Morgan fingerprint density at radius 3 is 0.973 bits per heavy atom. The van der Waals surface area contributed by atoms with Crippen LogP contribution in [0.15, 0.2) is 92.8 Å². The van der Waals surface area contributed by atoms with E-state index in [9.17, 15) is 25.9 Å². The summed E-state index contributed by atoms with van der Waals surface area (Å²) in [5, 5.41) is 0. The summed E-state index contributed by atoms with van der Waals surface area (Å²) >= 11 is 0. The SMILES string of the molecule is CC1=[C-]C(C)=CC1.CC1=[C-]C(C)=CC1.Cc1ccc(S(=O)(=O)[O-])cc1.Cc1ccc(S(=O)(=O)[O-])cc1.[Zr+4]. The molecule has 0 N–H and O–H groups in total. The first kappa shape index (κ1) is 35.1. The van der Waals surface area contributed by atoms with Crippen molar-refractivity contribution < 1.29 is 52.1 Å². The average molecular weight is 620 g/mol. The van der Waals surface area contributed by atoms with E-state index in [0.717, 1.165) is 24.0 Å². The first-order valence-electron chi connectivity index (χ1n) is 11.2. The van der Waals surface area contributed by atoms with Gasteiger partial charge < -0.3 is 9.11 Å². The van der Waals surface area contributed by atoms with Crippen molar-refractivity contribution in [3.05, 3.63) is 106 Å². The summed E-state index contributed by atoms with van der Waals surface area (Å²) < 4.78 is 62.3. The normalized spacial score (nSPS) is 14.1. The molecule has 196 valence electrons. The Balaban J connectivity index is 0.000000473. The average Bonchev–Trinajstić information content (AvgIpc) is 3.34. The number of hydrogen-bond donors (Lipinski definition) is 0. The van der Waals surface area contributed by atoms with Crippen LogP contribution in [0.4, 0.5) is 0 Å². The van der Waals surface area contributed by atoms with Crippen LogP contribution in [0.5, 0.6) is 0 Å². The van der Waals surface area contributed by atoms with E-state index in [4.69, 9.17) is 0 Å². The van der Waals surface area contributed by atoms with Gasteiger partial charge in [-0.1, -0.05) is 75.9 Å². The molecule has 0 aliphatic heterocycles. The van der Waals surface area contributed by atoms with Gasteiger partial charge in [0.05, 0.1) is 9.79 Å². The quantitative estimate of drug-likeness (QED) is 0.302. The molecule has 0 unspecified atom stereocenters. The third-order valence-corrected chi connectivity index (χ3v) is 6.57. The smallest absolute Gasteiger partial charge is 0.744 e. The predicted octanol–water partition coefficient (Wildman–Crippen LogP) is 5.97. The minimum atomic E-state index is -4.27. The van der Waals surface area contributed by atoms with Gasteiger partial charge in [0.15, 0.2) is 0 Å². The molecule has 0 heterocycles. The maximum Gasteiger partial charge on any atom is 4.00 e. The summed E-state index contributed by atoms with van der Waals surface area (Å²) in [6.07, 6.45) is 13.0. The largest absolute Gasteiger partial charge is 4.00 e. The van der Waals surface area contributed by atoms with E-state index in [1.54, 1.807) is 24.3 Å². The standard InChI is InChI=1S/2C7H8O3S.2C7H9.Zr/c2*1-6-2-4-7(5-3-6)11(8,9)10;2*1-6-3-4-7(2)5-6;/h2*2-5H,1H3,(H,8,9,10);2*3H,4H2,1-2H3;/q;;2*-1;+4/p-2. The van der Waals surface area contributed by atoms with Crippen LogP contribution in [0.25, 0.3) is 0 Å². The summed E-state index contributed by atoms with van der Waals surface area (Å²) in [6.45, 7) is 12.0. The maximum absolute atomic E-state index is 10.4. The molecule has 2 aliphatic rings. The predicted molar refractivity (Wildman–Crippen MR) is 140 cm³/mol. The summed E-state index contributed by atoms with van der Waals surface area (Å²) in [5.74, 6) is 0. The van der Waals surface area contributed by atoms with Gasteiger partial charge in [-0.25, -0.2) is 40.1 Å². The molecule has 2 aliphatic carbocycles. The van der Waals surface area contributed by atoms with Crippen LogP contribution >= 0.6 is 0 Å². The van der Waals surface area contributed by atoms with Crippen LogP contribution < -0.4 is 0 Å². The first-order valence-corrected chi connectivity index (χ1v) is 14.0. The van der Waals surface area contributed by atoms with E-state index in [-0.39, 0.29) is 36.0 Å². The number of rotatable bonds is 2.